The number of nitrogens with two attached hydrogens (primary N) is 1. The Bertz CT molecular complexity index is 675. The molecule has 19 heavy (non-hydrogen) atoms. The Morgan fingerprint density at radius 2 is 2.00 bits per heavy atom. The fraction of sp³-hybridized carbons (Fsp3) is 0. The zero-order valence-electron chi connectivity index (χ0n) is 9.41. The quantitative estimate of drug-likeness (QED) is 0.551. The van der Waals surface area contributed by atoms with Crippen LogP contribution in [0.5, 0.6) is 0 Å². The average Bonchev–Trinajstić information content (AvgIpc) is 2.41. The molecule has 0 unspecified atom stereocenters. The van der Waals surface area contributed by atoms with Gasteiger partial charge in [0, 0.05) is 12.4 Å². The summed E-state index contributed by atoms with van der Waals surface area (Å²) < 4.78 is 27.1. The lowest BCUT2D eigenvalue weighted by atomic mass is 10.4. The number of hydrogen-bond acceptors (Lipinski definition) is 7. The fourth-order valence-corrected chi connectivity index (χ4v) is 2.58. The van der Waals surface area contributed by atoms with Crippen molar-refractivity contribution in [3.8, 4) is 0 Å². The molecule has 0 bridgehead atoms. The summed E-state index contributed by atoms with van der Waals surface area (Å²) in [6.07, 6.45) is 5.27. The molecule has 0 spiro atoms. The van der Waals surface area contributed by atoms with E-state index in [1.165, 1.54) is 30.9 Å². The second kappa shape index (κ2) is 5.47. The first kappa shape index (κ1) is 13.6. The van der Waals surface area contributed by atoms with E-state index in [2.05, 4.69) is 41.0 Å². The van der Waals surface area contributed by atoms with Crippen molar-refractivity contribution in [2.45, 2.75) is 4.90 Å². The van der Waals surface area contributed by atoms with Crippen LogP contribution in [-0.4, -0.2) is 23.4 Å². The number of sulfonamides is 1. The van der Waals surface area contributed by atoms with E-state index < -0.39 is 10.0 Å². The maximum Gasteiger partial charge on any atom is 0.266 e. The third-order valence-corrected chi connectivity index (χ3v) is 3.88. The number of halogens is 1. The van der Waals surface area contributed by atoms with Crippen molar-refractivity contribution in [3.63, 3.8) is 0 Å². The van der Waals surface area contributed by atoms with E-state index >= 15 is 0 Å². The minimum atomic E-state index is -3.84. The van der Waals surface area contributed by atoms with Gasteiger partial charge in [0.15, 0.2) is 5.82 Å². The van der Waals surface area contributed by atoms with Crippen LogP contribution in [0, 0.1) is 0 Å². The van der Waals surface area contributed by atoms with E-state index in [0.29, 0.717) is 4.60 Å². The maximum atomic E-state index is 12.1. The van der Waals surface area contributed by atoms with E-state index in [1.807, 2.05) is 0 Å². The van der Waals surface area contributed by atoms with Gasteiger partial charge in [-0.1, -0.05) is 0 Å². The SMILES string of the molecule is NNc1ccncc1S(=O)(=O)Nc1cnc(Br)cn1. The average molecular weight is 345 g/mol. The number of pyridine rings is 1. The molecule has 4 N–H and O–H groups in total. The molecule has 0 aliphatic heterocycles. The molecule has 0 amide bonds. The molecule has 2 heterocycles. The summed E-state index contributed by atoms with van der Waals surface area (Å²) in [5.74, 6) is 5.35. The normalized spacial score (nSPS) is 11.1. The third kappa shape index (κ3) is 3.16. The molecular formula is C9H9BrN6O2S. The highest BCUT2D eigenvalue weighted by Gasteiger charge is 2.19. The molecule has 0 aliphatic rings. The van der Waals surface area contributed by atoms with E-state index in [-0.39, 0.29) is 16.4 Å². The Balaban J connectivity index is 2.35. The Hall–Kier alpha value is -1.78. The number of hydrogen-bond donors (Lipinski definition) is 3. The van der Waals surface area contributed by atoms with Crippen molar-refractivity contribution in [2.75, 3.05) is 10.1 Å². The van der Waals surface area contributed by atoms with Crippen LogP contribution in [0.15, 0.2) is 40.4 Å². The first-order chi connectivity index (χ1) is 9.03. The fourth-order valence-electron chi connectivity index (χ4n) is 1.27. The summed E-state index contributed by atoms with van der Waals surface area (Å²) in [5.41, 5.74) is 2.52. The largest absolute Gasteiger partial charge is 0.323 e. The summed E-state index contributed by atoms with van der Waals surface area (Å²) >= 11 is 3.11. The van der Waals surface area contributed by atoms with Crippen LogP contribution in [0.2, 0.25) is 0 Å². The van der Waals surface area contributed by atoms with Crippen molar-refractivity contribution < 1.29 is 8.42 Å². The number of aromatic nitrogens is 3. The van der Waals surface area contributed by atoms with Gasteiger partial charge in [0.2, 0.25) is 0 Å². The zero-order valence-corrected chi connectivity index (χ0v) is 11.8. The molecule has 0 fully saturated rings. The Kier molecular flexibility index (Phi) is 3.93. The molecule has 0 radical (unpaired) electrons. The lowest BCUT2D eigenvalue weighted by Crippen LogP contribution is -2.18. The number of rotatable bonds is 4. The molecule has 0 saturated heterocycles. The van der Waals surface area contributed by atoms with Gasteiger partial charge in [-0.15, -0.1) is 0 Å². The maximum absolute atomic E-state index is 12.1. The lowest BCUT2D eigenvalue weighted by Gasteiger charge is -2.10. The van der Waals surface area contributed by atoms with Gasteiger partial charge < -0.3 is 5.43 Å². The van der Waals surface area contributed by atoms with Gasteiger partial charge in [-0.2, -0.15) is 0 Å². The van der Waals surface area contributed by atoms with Gasteiger partial charge in [-0.05, 0) is 22.0 Å². The molecule has 2 rings (SSSR count). The van der Waals surface area contributed by atoms with Crippen molar-refractivity contribution >= 4 is 37.5 Å². The predicted octanol–water partition coefficient (Wildman–Crippen LogP) is 0.720. The number of nitrogens with one attached hydrogen (secondary N) is 2. The van der Waals surface area contributed by atoms with Crippen LogP contribution in [0.1, 0.15) is 0 Å². The molecule has 2 aromatic heterocycles. The Labute approximate surface area is 117 Å². The zero-order chi connectivity index (χ0) is 13.9. The first-order valence-corrected chi connectivity index (χ1v) is 7.21. The highest BCUT2D eigenvalue weighted by molar-refractivity contribution is 9.10. The molecule has 0 saturated carbocycles. The number of nitrogens with zero attached hydrogens (tertiary/aromatic N) is 3. The predicted molar refractivity (Wildman–Crippen MR) is 72.6 cm³/mol. The van der Waals surface area contributed by atoms with Gasteiger partial charge >= 0.3 is 0 Å². The molecule has 8 nitrogen and oxygen atoms in total. The van der Waals surface area contributed by atoms with E-state index in [4.69, 9.17) is 5.84 Å². The minimum Gasteiger partial charge on any atom is -0.323 e. The number of nitrogen functional groups attached to an aromatic ring is 1. The highest BCUT2D eigenvalue weighted by Crippen LogP contribution is 2.20. The van der Waals surface area contributed by atoms with Gasteiger partial charge in [0.05, 0.1) is 18.1 Å². The lowest BCUT2D eigenvalue weighted by molar-refractivity contribution is 0.601. The van der Waals surface area contributed by atoms with Crippen LogP contribution in [0.3, 0.4) is 0 Å². The van der Waals surface area contributed by atoms with Crippen LogP contribution in [0.25, 0.3) is 0 Å². The summed E-state index contributed by atoms with van der Waals surface area (Å²) in [5, 5.41) is 0. The van der Waals surface area contributed by atoms with E-state index in [0.717, 1.165) is 0 Å². The van der Waals surface area contributed by atoms with E-state index in [1.54, 1.807) is 0 Å². The first-order valence-electron chi connectivity index (χ1n) is 4.94. The van der Waals surface area contributed by atoms with Crippen molar-refractivity contribution in [3.05, 3.63) is 35.5 Å². The van der Waals surface area contributed by atoms with Crippen molar-refractivity contribution in [2.24, 2.45) is 5.84 Å². The number of hydrazine groups is 1. The second-order valence-electron chi connectivity index (χ2n) is 3.35. The molecular weight excluding hydrogens is 336 g/mol. The molecule has 2 aromatic rings. The molecule has 0 atom stereocenters. The third-order valence-electron chi connectivity index (χ3n) is 2.09. The summed E-state index contributed by atoms with van der Waals surface area (Å²) in [6, 6.07) is 1.45. The second-order valence-corrected chi connectivity index (χ2v) is 5.81. The molecule has 0 aliphatic carbocycles. The standard InChI is InChI=1S/C9H9BrN6O2S/c10-8-4-14-9(5-13-8)16-19(17,18)7-3-12-2-1-6(7)15-11/h1-5H,11H2,(H,12,15)(H,14,16). The van der Waals surface area contributed by atoms with Crippen LogP contribution in [-0.2, 0) is 10.0 Å². The van der Waals surface area contributed by atoms with Gasteiger partial charge in [0.1, 0.15) is 9.50 Å². The summed E-state index contributed by atoms with van der Waals surface area (Å²) in [4.78, 5) is 11.4. The molecule has 100 valence electrons. The Morgan fingerprint density at radius 3 is 2.63 bits per heavy atom. The van der Waals surface area contributed by atoms with Gasteiger partial charge in [-0.25, -0.2) is 18.4 Å². The van der Waals surface area contributed by atoms with Crippen LogP contribution in [0.4, 0.5) is 11.5 Å². The van der Waals surface area contributed by atoms with Crippen molar-refractivity contribution in [1.29, 1.82) is 0 Å². The van der Waals surface area contributed by atoms with Crippen LogP contribution >= 0.6 is 15.9 Å². The molecule has 0 aromatic carbocycles. The summed E-state index contributed by atoms with van der Waals surface area (Å²) in [6.45, 7) is 0. The molecule has 10 heteroatoms. The number of anilines is 2. The topological polar surface area (TPSA) is 123 Å². The van der Waals surface area contributed by atoms with Crippen LogP contribution < -0.4 is 16.0 Å². The van der Waals surface area contributed by atoms with Crippen molar-refractivity contribution in [1.82, 2.24) is 15.0 Å². The monoisotopic (exact) mass is 344 g/mol. The minimum absolute atomic E-state index is 0.0813. The van der Waals surface area contributed by atoms with Gasteiger partial charge in [-0.3, -0.25) is 15.5 Å². The Morgan fingerprint density at radius 1 is 1.21 bits per heavy atom. The smallest absolute Gasteiger partial charge is 0.266 e. The summed E-state index contributed by atoms with van der Waals surface area (Å²) in [7, 11) is -3.84. The van der Waals surface area contributed by atoms with Gasteiger partial charge in [0.25, 0.3) is 10.0 Å². The highest BCUT2D eigenvalue weighted by atomic mass is 79.9. The van der Waals surface area contributed by atoms with E-state index in [9.17, 15) is 8.42 Å².